The number of hydrogen-bond acceptors (Lipinski definition) is 9. The molecule has 1 aromatic heterocycles. The van der Waals surface area contributed by atoms with Crippen molar-refractivity contribution in [3.63, 3.8) is 0 Å². The molecule has 13 nitrogen and oxygen atoms in total. The second-order valence-corrected chi connectivity index (χ2v) is 10.6. The number of rotatable bonds is 13. The highest BCUT2D eigenvalue weighted by molar-refractivity contribution is 6.08. The summed E-state index contributed by atoms with van der Waals surface area (Å²) in [6.07, 6.45) is -2.61. The van der Waals surface area contributed by atoms with Crippen molar-refractivity contribution < 1.29 is 37.5 Å². The Morgan fingerprint density at radius 3 is 2.24 bits per heavy atom. The lowest BCUT2D eigenvalue weighted by atomic mass is 10.1. The van der Waals surface area contributed by atoms with Gasteiger partial charge in [0.15, 0.2) is 0 Å². The Labute approximate surface area is 277 Å². The third-order valence-corrected chi connectivity index (χ3v) is 6.85. The number of aliphatic hydroxyl groups excluding tert-OH is 1. The molecule has 3 aromatic carbocycles. The normalized spacial score (nSPS) is 12.2. The van der Waals surface area contributed by atoms with Crippen LogP contribution < -0.4 is 32.3 Å². The fourth-order valence-corrected chi connectivity index (χ4v) is 4.43. The summed E-state index contributed by atoms with van der Waals surface area (Å²) in [6.45, 7) is 5.02. The highest BCUT2D eigenvalue weighted by atomic mass is 19.4. The second-order valence-electron chi connectivity index (χ2n) is 10.6. The van der Waals surface area contributed by atoms with E-state index in [1.165, 1.54) is 30.6 Å². The zero-order valence-corrected chi connectivity index (χ0v) is 25.8. The van der Waals surface area contributed by atoms with Crippen molar-refractivity contribution in [3.05, 3.63) is 114 Å². The van der Waals surface area contributed by atoms with Gasteiger partial charge in [-0.25, -0.2) is 9.97 Å². The Morgan fingerprint density at radius 1 is 0.898 bits per heavy atom. The smallest absolute Gasteiger partial charge is 0.372 e. The Bertz CT molecular complexity index is 1870. The highest BCUT2D eigenvalue weighted by Crippen LogP contribution is 2.30. The maximum Gasteiger partial charge on any atom is 0.416 e. The monoisotopic (exact) mass is 676 g/mol. The molecule has 4 rings (SSSR count). The van der Waals surface area contributed by atoms with E-state index in [4.69, 9.17) is 5.73 Å². The Hall–Kier alpha value is -6.29. The predicted octanol–water partition coefficient (Wildman–Crippen LogP) is 4.33. The van der Waals surface area contributed by atoms with E-state index in [1.807, 2.05) is 0 Å². The molecule has 0 fully saturated rings. The molecule has 4 aromatic rings. The first-order chi connectivity index (χ1) is 23.2. The van der Waals surface area contributed by atoms with Gasteiger partial charge in [0.1, 0.15) is 6.23 Å². The molecule has 0 aliphatic rings. The number of amides is 4. The lowest BCUT2D eigenvalue weighted by Gasteiger charge is -2.24. The number of benzene rings is 3. The van der Waals surface area contributed by atoms with Crippen LogP contribution in [-0.2, 0) is 15.8 Å². The first-order valence-electron chi connectivity index (χ1n) is 14.5. The largest absolute Gasteiger partial charge is 0.416 e. The maximum atomic E-state index is 13.1. The van der Waals surface area contributed by atoms with Crippen molar-refractivity contribution in [2.75, 3.05) is 21.3 Å². The van der Waals surface area contributed by atoms with Crippen LogP contribution in [0.15, 0.2) is 91.8 Å². The minimum atomic E-state index is -4.61. The molecule has 16 heteroatoms. The maximum absolute atomic E-state index is 13.1. The number of carbonyl (C=O) groups excluding carboxylic acids is 4. The molecule has 2 atom stereocenters. The van der Waals surface area contributed by atoms with Crippen LogP contribution in [-0.4, -0.2) is 51.0 Å². The number of nitrogens with zero attached hydrogens (tertiary/aromatic N) is 2. The highest BCUT2D eigenvalue weighted by Gasteiger charge is 2.31. The first-order valence-corrected chi connectivity index (χ1v) is 14.5. The number of alkyl halides is 3. The number of aryl methyl sites for hydroxylation is 1. The van der Waals surface area contributed by atoms with E-state index in [-0.39, 0.29) is 34.9 Å². The van der Waals surface area contributed by atoms with Gasteiger partial charge in [0.2, 0.25) is 17.8 Å². The van der Waals surface area contributed by atoms with Crippen molar-refractivity contribution in [1.82, 2.24) is 15.3 Å². The minimum absolute atomic E-state index is 0.163. The second kappa shape index (κ2) is 15.5. The fraction of sp³-hybridized carbons (Fsp3) is 0.152. The quantitative estimate of drug-likeness (QED) is 0.0795. The zero-order valence-electron chi connectivity index (χ0n) is 25.8. The topological polar surface area (TPSA) is 200 Å². The summed E-state index contributed by atoms with van der Waals surface area (Å²) in [6, 6.07) is 14.1. The van der Waals surface area contributed by atoms with E-state index in [9.17, 15) is 37.5 Å². The molecule has 254 valence electrons. The van der Waals surface area contributed by atoms with E-state index >= 15 is 0 Å². The molecule has 49 heavy (non-hydrogen) atoms. The molecule has 1 heterocycles. The fourth-order valence-electron chi connectivity index (χ4n) is 4.43. The summed E-state index contributed by atoms with van der Waals surface area (Å²) in [4.78, 5) is 57.2. The molecule has 0 aliphatic heterocycles. The van der Waals surface area contributed by atoms with Gasteiger partial charge in [-0.05, 0) is 67.1 Å². The number of nitrogens with one attached hydrogen (secondary N) is 5. The van der Waals surface area contributed by atoms with Crippen molar-refractivity contribution in [2.45, 2.75) is 31.8 Å². The molecule has 8 N–H and O–H groups in total. The molecule has 0 spiro atoms. The molecule has 2 unspecified atom stereocenters. The van der Waals surface area contributed by atoms with Gasteiger partial charge in [0, 0.05) is 28.2 Å². The van der Waals surface area contributed by atoms with E-state index in [0.29, 0.717) is 16.9 Å². The van der Waals surface area contributed by atoms with E-state index in [2.05, 4.69) is 43.1 Å². The Kier molecular flexibility index (Phi) is 11.3. The summed E-state index contributed by atoms with van der Waals surface area (Å²) in [5.41, 5.74) is 6.21. The van der Waals surface area contributed by atoms with E-state index < -0.39 is 47.6 Å². The number of hydrogen-bond donors (Lipinski definition) is 7. The number of halogens is 3. The van der Waals surface area contributed by atoms with Gasteiger partial charge in [-0.2, -0.15) is 13.2 Å². The molecule has 0 bridgehead atoms. The summed E-state index contributed by atoms with van der Waals surface area (Å²) in [5.74, 6) is -2.49. The van der Waals surface area contributed by atoms with Crippen LogP contribution in [0.5, 0.6) is 0 Å². The number of anilines is 5. The number of aromatic nitrogens is 2. The Balaban J connectivity index is 1.38. The first kappa shape index (κ1) is 35.6. The molecule has 0 saturated heterocycles. The molecule has 0 radical (unpaired) electrons. The van der Waals surface area contributed by atoms with Gasteiger partial charge in [0.25, 0.3) is 11.8 Å². The predicted molar refractivity (Wildman–Crippen MR) is 176 cm³/mol. The third-order valence-electron chi connectivity index (χ3n) is 6.85. The summed E-state index contributed by atoms with van der Waals surface area (Å²) < 4.78 is 39.2. The number of primary amides is 1. The van der Waals surface area contributed by atoms with Crippen LogP contribution >= 0.6 is 0 Å². The standard InChI is InChI=1S/C33H31F3N8O5/c1-3-28(46)44-26(15-27(37)45)31(49)41-21-8-5-9-22(13-21)43-32-38-16-24(17-39-32)42-30(48)25-14-23(11-10-18(25)2)40-29(47)19-6-4-7-20(12-19)33(34,35)36/h3-14,16-17,26,31,41,49H,1,15H2,2H3,(H2,37,45)(H,40,47)(H,42,48)(H,44,46)(H,38,39,43). The molecular formula is C33H31F3N8O5. The van der Waals surface area contributed by atoms with Crippen molar-refractivity contribution in [3.8, 4) is 0 Å². The van der Waals surface area contributed by atoms with Crippen LogP contribution in [0.2, 0.25) is 0 Å². The van der Waals surface area contributed by atoms with Crippen molar-refractivity contribution in [1.29, 1.82) is 0 Å². The van der Waals surface area contributed by atoms with E-state index in [1.54, 1.807) is 37.3 Å². The SMILES string of the molecule is C=CC(=O)NC(CC(N)=O)C(O)Nc1cccc(Nc2ncc(NC(=O)c3cc(NC(=O)c4cccc(C(F)(F)F)c4)ccc3C)cn2)c1. The van der Waals surface area contributed by atoms with E-state index in [0.717, 1.165) is 24.3 Å². The molecule has 4 amide bonds. The lowest BCUT2D eigenvalue weighted by Crippen LogP contribution is -2.48. The van der Waals surface area contributed by atoms with Crippen LogP contribution in [0.3, 0.4) is 0 Å². The van der Waals surface area contributed by atoms with Crippen LogP contribution in [0, 0.1) is 6.92 Å². The average Bonchev–Trinajstić information content (AvgIpc) is 3.05. The van der Waals surface area contributed by atoms with Gasteiger partial charge >= 0.3 is 6.18 Å². The molecule has 0 saturated carbocycles. The lowest BCUT2D eigenvalue weighted by molar-refractivity contribution is -0.137. The van der Waals surface area contributed by atoms with Gasteiger partial charge in [-0.15, -0.1) is 0 Å². The third kappa shape index (κ3) is 10.1. The molecular weight excluding hydrogens is 645 g/mol. The summed E-state index contributed by atoms with van der Waals surface area (Å²) >= 11 is 0. The number of nitrogens with two attached hydrogens (primary N) is 1. The van der Waals surface area contributed by atoms with Gasteiger partial charge in [-0.3, -0.25) is 19.2 Å². The summed E-state index contributed by atoms with van der Waals surface area (Å²) in [5, 5.41) is 24.0. The van der Waals surface area contributed by atoms with Crippen LogP contribution in [0.1, 0.15) is 38.3 Å². The van der Waals surface area contributed by atoms with Crippen molar-refractivity contribution >= 4 is 52.3 Å². The number of aliphatic hydroxyl groups is 1. The van der Waals surface area contributed by atoms with Gasteiger partial charge in [0.05, 0.1) is 36.1 Å². The average molecular weight is 677 g/mol. The van der Waals surface area contributed by atoms with Gasteiger partial charge in [-0.1, -0.05) is 24.8 Å². The van der Waals surface area contributed by atoms with Crippen molar-refractivity contribution in [2.24, 2.45) is 5.73 Å². The zero-order chi connectivity index (χ0) is 35.7. The minimum Gasteiger partial charge on any atom is -0.372 e. The van der Waals surface area contributed by atoms with Gasteiger partial charge < -0.3 is 37.4 Å². The van der Waals surface area contributed by atoms with Crippen LogP contribution in [0.4, 0.5) is 41.9 Å². The Morgan fingerprint density at radius 2 is 1.57 bits per heavy atom. The number of carbonyl (C=O) groups is 4. The molecule has 0 aliphatic carbocycles. The summed E-state index contributed by atoms with van der Waals surface area (Å²) in [7, 11) is 0. The van der Waals surface area contributed by atoms with Crippen LogP contribution in [0.25, 0.3) is 0 Å².